The molecule has 2 rings (SSSR count). The quantitative estimate of drug-likeness (QED) is 0.873. The van der Waals surface area contributed by atoms with Crippen molar-refractivity contribution in [2.45, 2.75) is 50.1 Å². The van der Waals surface area contributed by atoms with Crippen LogP contribution in [0, 0.1) is 6.92 Å². The van der Waals surface area contributed by atoms with Gasteiger partial charge >= 0.3 is 0 Å². The molecule has 0 unspecified atom stereocenters. The van der Waals surface area contributed by atoms with Gasteiger partial charge in [-0.1, -0.05) is 0 Å². The van der Waals surface area contributed by atoms with Crippen molar-refractivity contribution in [3.05, 3.63) is 35.9 Å². The van der Waals surface area contributed by atoms with Gasteiger partial charge in [-0.2, -0.15) is 0 Å². The predicted molar refractivity (Wildman–Crippen MR) is 79.5 cm³/mol. The summed E-state index contributed by atoms with van der Waals surface area (Å²) < 4.78 is 0. The number of aryl methyl sites for hydroxylation is 1. The van der Waals surface area contributed by atoms with E-state index in [1.807, 2.05) is 25.4 Å². The van der Waals surface area contributed by atoms with Gasteiger partial charge in [-0.3, -0.25) is 0 Å². The smallest absolute Gasteiger partial charge is 0.195 e. The Morgan fingerprint density at radius 1 is 1.10 bits per heavy atom. The van der Waals surface area contributed by atoms with E-state index in [0.717, 1.165) is 17.8 Å². The topological polar surface area (TPSA) is 63.6 Å². The van der Waals surface area contributed by atoms with Gasteiger partial charge in [0.05, 0.1) is 0 Å². The van der Waals surface area contributed by atoms with Crippen LogP contribution < -0.4 is 5.32 Å². The molecule has 2 aromatic heterocycles. The molecule has 2 aromatic rings. The summed E-state index contributed by atoms with van der Waals surface area (Å²) in [5.74, 6) is 0. The summed E-state index contributed by atoms with van der Waals surface area (Å²) in [6, 6.07) is 1.87. The van der Waals surface area contributed by atoms with Crippen molar-refractivity contribution >= 4 is 11.8 Å². The van der Waals surface area contributed by atoms with Gasteiger partial charge in [-0.15, -0.1) is 0 Å². The Balaban J connectivity index is 1.98. The number of nitrogens with one attached hydrogen (secondary N) is 1. The lowest BCUT2D eigenvalue weighted by Gasteiger charge is -2.20. The molecule has 0 aliphatic rings. The Morgan fingerprint density at radius 3 is 2.40 bits per heavy atom. The SMILES string of the molecule is Cc1ccnc(Sc2ncc(CNC(C)(C)C)cn2)n1. The number of nitrogens with zero attached hydrogens (tertiary/aromatic N) is 4. The highest BCUT2D eigenvalue weighted by atomic mass is 32.2. The first-order valence-electron chi connectivity index (χ1n) is 6.46. The summed E-state index contributed by atoms with van der Waals surface area (Å²) in [7, 11) is 0. The van der Waals surface area contributed by atoms with Gasteiger partial charge in [-0.05, 0) is 45.5 Å². The maximum atomic E-state index is 4.34. The van der Waals surface area contributed by atoms with Crippen LogP contribution in [-0.4, -0.2) is 25.5 Å². The molecule has 0 amide bonds. The Hall–Kier alpha value is -1.53. The summed E-state index contributed by atoms with van der Waals surface area (Å²) >= 11 is 1.37. The molecule has 1 N–H and O–H groups in total. The van der Waals surface area contributed by atoms with Gasteiger partial charge in [0.1, 0.15) is 0 Å². The molecule has 0 saturated carbocycles. The minimum atomic E-state index is 0.0861. The van der Waals surface area contributed by atoms with E-state index in [2.05, 4.69) is 46.0 Å². The van der Waals surface area contributed by atoms with Crippen molar-refractivity contribution in [2.75, 3.05) is 0 Å². The molecule has 0 spiro atoms. The lowest BCUT2D eigenvalue weighted by Crippen LogP contribution is -2.35. The molecule has 0 atom stereocenters. The number of hydrogen-bond acceptors (Lipinski definition) is 6. The zero-order chi connectivity index (χ0) is 14.6. The van der Waals surface area contributed by atoms with Crippen LogP contribution >= 0.6 is 11.8 Å². The van der Waals surface area contributed by atoms with E-state index in [1.165, 1.54) is 11.8 Å². The molecule has 0 saturated heterocycles. The molecule has 0 radical (unpaired) electrons. The standard InChI is InChI=1S/C14H19N5S/c1-10-5-6-15-13(19-10)20-12-16-7-11(8-17-12)9-18-14(2,3)4/h5-8,18H,9H2,1-4H3. The van der Waals surface area contributed by atoms with Crippen LogP contribution in [0.5, 0.6) is 0 Å². The van der Waals surface area contributed by atoms with Crippen LogP contribution in [0.2, 0.25) is 0 Å². The van der Waals surface area contributed by atoms with Gasteiger partial charge in [0.2, 0.25) is 0 Å². The Bertz CT molecular complexity index is 563. The van der Waals surface area contributed by atoms with Crippen LogP contribution in [0.3, 0.4) is 0 Å². The molecule has 0 bridgehead atoms. The molecular formula is C14H19N5S. The molecule has 2 heterocycles. The Kier molecular flexibility index (Phi) is 4.67. The molecule has 0 aromatic carbocycles. The van der Waals surface area contributed by atoms with Crippen molar-refractivity contribution in [1.82, 2.24) is 25.3 Å². The average molecular weight is 289 g/mol. The van der Waals surface area contributed by atoms with Crippen molar-refractivity contribution in [2.24, 2.45) is 0 Å². The van der Waals surface area contributed by atoms with E-state index in [4.69, 9.17) is 0 Å². The molecular weight excluding hydrogens is 270 g/mol. The fraction of sp³-hybridized carbons (Fsp3) is 0.429. The van der Waals surface area contributed by atoms with Gasteiger partial charge in [-0.25, -0.2) is 19.9 Å². The molecule has 5 nitrogen and oxygen atoms in total. The van der Waals surface area contributed by atoms with E-state index < -0.39 is 0 Å². The van der Waals surface area contributed by atoms with Gasteiger partial charge in [0, 0.05) is 41.9 Å². The summed E-state index contributed by atoms with van der Waals surface area (Å²) in [6.45, 7) is 9.09. The van der Waals surface area contributed by atoms with E-state index in [1.54, 1.807) is 6.20 Å². The van der Waals surface area contributed by atoms with Crippen LogP contribution in [0.15, 0.2) is 35.0 Å². The third-order valence-electron chi connectivity index (χ3n) is 2.46. The first kappa shape index (κ1) is 14.9. The molecule has 0 aliphatic carbocycles. The van der Waals surface area contributed by atoms with Crippen LogP contribution in [-0.2, 0) is 6.54 Å². The number of hydrogen-bond donors (Lipinski definition) is 1. The second-order valence-electron chi connectivity index (χ2n) is 5.56. The Labute approximate surface area is 123 Å². The zero-order valence-electron chi connectivity index (χ0n) is 12.2. The largest absolute Gasteiger partial charge is 0.308 e. The molecule has 20 heavy (non-hydrogen) atoms. The lowest BCUT2D eigenvalue weighted by molar-refractivity contribution is 0.423. The summed E-state index contributed by atoms with van der Waals surface area (Å²) in [6.07, 6.45) is 5.42. The first-order chi connectivity index (χ1) is 9.42. The van der Waals surface area contributed by atoms with Crippen LogP contribution in [0.25, 0.3) is 0 Å². The summed E-state index contributed by atoms with van der Waals surface area (Å²) in [5, 5.41) is 4.74. The minimum absolute atomic E-state index is 0.0861. The lowest BCUT2D eigenvalue weighted by atomic mass is 10.1. The minimum Gasteiger partial charge on any atom is -0.308 e. The third-order valence-corrected chi connectivity index (χ3v) is 3.23. The number of rotatable bonds is 4. The number of aromatic nitrogens is 4. The molecule has 6 heteroatoms. The van der Waals surface area contributed by atoms with Gasteiger partial charge in [0.15, 0.2) is 10.3 Å². The average Bonchev–Trinajstić information content (AvgIpc) is 2.37. The Morgan fingerprint density at radius 2 is 1.80 bits per heavy atom. The molecule has 0 aliphatic heterocycles. The third kappa shape index (κ3) is 4.86. The zero-order valence-corrected chi connectivity index (χ0v) is 13.0. The highest BCUT2D eigenvalue weighted by molar-refractivity contribution is 7.99. The van der Waals surface area contributed by atoms with Gasteiger partial charge < -0.3 is 5.32 Å². The molecule has 106 valence electrons. The highest BCUT2D eigenvalue weighted by Gasteiger charge is 2.09. The second-order valence-corrected chi connectivity index (χ2v) is 6.49. The normalized spacial score (nSPS) is 11.6. The van der Waals surface area contributed by atoms with Crippen molar-refractivity contribution in [1.29, 1.82) is 0 Å². The first-order valence-corrected chi connectivity index (χ1v) is 7.27. The van der Waals surface area contributed by atoms with Crippen molar-refractivity contribution < 1.29 is 0 Å². The van der Waals surface area contributed by atoms with Gasteiger partial charge in [0.25, 0.3) is 0 Å². The van der Waals surface area contributed by atoms with E-state index >= 15 is 0 Å². The maximum Gasteiger partial charge on any atom is 0.195 e. The van der Waals surface area contributed by atoms with E-state index in [9.17, 15) is 0 Å². The van der Waals surface area contributed by atoms with E-state index in [0.29, 0.717) is 10.3 Å². The van der Waals surface area contributed by atoms with Crippen molar-refractivity contribution in [3.63, 3.8) is 0 Å². The highest BCUT2D eigenvalue weighted by Crippen LogP contribution is 2.20. The molecule has 0 fully saturated rings. The summed E-state index contributed by atoms with van der Waals surface area (Å²) in [4.78, 5) is 17.2. The van der Waals surface area contributed by atoms with Crippen LogP contribution in [0.4, 0.5) is 0 Å². The second kappa shape index (κ2) is 6.28. The monoisotopic (exact) mass is 289 g/mol. The fourth-order valence-corrected chi connectivity index (χ4v) is 2.09. The maximum absolute atomic E-state index is 4.34. The summed E-state index contributed by atoms with van der Waals surface area (Å²) in [5.41, 5.74) is 2.09. The predicted octanol–water partition coefficient (Wildman–Crippen LogP) is 2.61. The van der Waals surface area contributed by atoms with Crippen molar-refractivity contribution in [3.8, 4) is 0 Å². The van der Waals surface area contributed by atoms with E-state index in [-0.39, 0.29) is 5.54 Å². The van der Waals surface area contributed by atoms with Crippen LogP contribution in [0.1, 0.15) is 32.0 Å². The fourth-order valence-electron chi connectivity index (χ4n) is 1.41.